The van der Waals surface area contributed by atoms with Crippen molar-refractivity contribution in [3.8, 4) is 0 Å². The summed E-state index contributed by atoms with van der Waals surface area (Å²) < 4.78 is 5.29. The monoisotopic (exact) mass is 268 g/mol. The van der Waals surface area contributed by atoms with Crippen LogP contribution in [0, 0.1) is 0 Å². The molecule has 0 atom stereocenters. The Kier molecular flexibility index (Phi) is 6.60. The average Bonchev–Trinajstić information content (AvgIpc) is 1.97. The summed E-state index contributed by atoms with van der Waals surface area (Å²) in [7, 11) is 0. The van der Waals surface area contributed by atoms with E-state index in [1.54, 1.807) is 0 Å². The Balaban J connectivity index is 3.14. The molecule has 0 aliphatic rings. The molecule has 0 aromatic heterocycles. The van der Waals surface area contributed by atoms with Gasteiger partial charge in [-0.15, -0.1) is 6.58 Å². The van der Waals surface area contributed by atoms with Gasteiger partial charge in [0.2, 0.25) is 0 Å². The van der Waals surface area contributed by atoms with Crippen LogP contribution >= 0.6 is 22.6 Å². The van der Waals surface area contributed by atoms with E-state index in [9.17, 15) is 4.79 Å². The molecule has 0 heterocycles. The molecule has 0 aliphatic heterocycles. The third-order valence-corrected chi connectivity index (χ3v) is 1.74. The second kappa shape index (κ2) is 6.64. The van der Waals surface area contributed by atoms with Crippen molar-refractivity contribution < 1.29 is 9.53 Å². The summed E-state index contributed by atoms with van der Waals surface area (Å²) in [6.07, 6.45) is 1.83. The van der Waals surface area contributed by atoms with Gasteiger partial charge in [-0.25, -0.2) is 0 Å². The summed E-state index contributed by atoms with van der Waals surface area (Å²) in [4.78, 5) is 10.6. The van der Waals surface area contributed by atoms with Gasteiger partial charge in [0, 0.05) is 0 Å². The summed E-state index contributed by atoms with van der Waals surface area (Å²) in [6.45, 7) is 6.24. The Morgan fingerprint density at radius 2 is 2.27 bits per heavy atom. The van der Waals surface area contributed by atoms with Crippen LogP contribution in [-0.4, -0.2) is 17.0 Å². The maximum atomic E-state index is 10.6. The minimum absolute atomic E-state index is 0.132. The fourth-order valence-electron chi connectivity index (χ4n) is 0.599. The van der Waals surface area contributed by atoms with Crippen molar-refractivity contribution in [2.45, 2.75) is 19.8 Å². The summed E-state index contributed by atoms with van der Waals surface area (Å²) in [5.74, 6) is -0.132. The van der Waals surface area contributed by atoms with Crippen LogP contribution in [0.1, 0.15) is 19.8 Å². The smallest absolute Gasteiger partial charge is 0.315 e. The van der Waals surface area contributed by atoms with Crippen LogP contribution in [0.5, 0.6) is 0 Å². The molecular weight excluding hydrogens is 255 g/mol. The molecule has 0 fully saturated rings. The van der Waals surface area contributed by atoms with Crippen LogP contribution in [0.3, 0.4) is 0 Å². The number of allylic oxidation sites excluding steroid dienone is 1. The minimum atomic E-state index is -0.132. The van der Waals surface area contributed by atoms with Crippen molar-refractivity contribution in [1.82, 2.24) is 0 Å². The van der Waals surface area contributed by atoms with Gasteiger partial charge in [-0.1, -0.05) is 28.2 Å². The summed E-state index contributed by atoms with van der Waals surface area (Å²) >= 11 is 1.99. The standard InChI is InChI=1S/C8H13IO2/c1-7(2)4-3-5-11-8(10)6-9/h1,3-6H2,2H3. The van der Waals surface area contributed by atoms with Crippen molar-refractivity contribution in [3.05, 3.63) is 12.2 Å². The molecule has 0 N–H and O–H groups in total. The predicted molar refractivity (Wildman–Crippen MR) is 53.9 cm³/mol. The lowest BCUT2D eigenvalue weighted by Gasteiger charge is -2.01. The summed E-state index contributed by atoms with van der Waals surface area (Å²) in [5.41, 5.74) is 1.13. The van der Waals surface area contributed by atoms with Gasteiger partial charge in [0.1, 0.15) is 0 Å². The zero-order valence-corrected chi connectivity index (χ0v) is 8.89. The Labute approximate surface area is 81.1 Å². The molecule has 11 heavy (non-hydrogen) atoms. The predicted octanol–water partition coefficient (Wildman–Crippen LogP) is 2.32. The van der Waals surface area contributed by atoms with Gasteiger partial charge in [0.15, 0.2) is 0 Å². The highest BCUT2D eigenvalue weighted by Gasteiger charge is 1.97. The van der Waals surface area contributed by atoms with E-state index in [0.717, 1.165) is 18.4 Å². The van der Waals surface area contributed by atoms with Crippen LogP contribution in [0.4, 0.5) is 0 Å². The molecule has 0 aromatic rings. The molecule has 0 aliphatic carbocycles. The van der Waals surface area contributed by atoms with E-state index < -0.39 is 0 Å². The lowest BCUT2D eigenvalue weighted by molar-refractivity contribution is -0.140. The maximum absolute atomic E-state index is 10.6. The lowest BCUT2D eigenvalue weighted by atomic mass is 10.2. The Hall–Kier alpha value is -0.0600. The zero-order valence-electron chi connectivity index (χ0n) is 6.73. The van der Waals surface area contributed by atoms with Crippen LogP contribution in [0.25, 0.3) is 0 Å². The summed E-state index contributed by atoms with van der Waals surface area (Å²) in [5, 5.41) is 0. The average molecular weight is 268 g/mol. The van der Waals surface area contributed by atoms with Gasteiger partial charge >= 0.3 is 5.97 Å². The number of halogens is 1. The molecule has 0 bridgehead atoms. The fourth-order valence-corrected chi connectivity index (χ4v) is 0.819. The third-order valence-electron chi connectivity index (χ3n) is 1.12. The zero-order chi connectivity index (χ0) is 8.69. The second-order valence-electron chi connectivity index (χ2n) is 2.41. The number of hydrogen-bond acceptors (Lipinski definition) is 2. The number of hydrogen-bond donors (Lipinski definition) is 0. The lowest BCUT2D eigenvalue weighted by Crippen LogP contribution is -2.06. The molecule has 2 nitrogen and oxygen atoms in total. The van der Waals surface area contributed by atoms with Crippen LogP contribution in [0.15, 0.2) is 12.2 Å². The van der Waals surface area contributed by atoms with E-state index in [0.29, 0.717) is 11.0 Å². The fraction of sp³-hybridized carbons (Fsp3) is 0.625. The second-order valence-corrected chi connectivity index (χ2v) is 3.18. The van der Waals surface area contributed by atoms with Crippen molar-refractivity contribution in [1.29, 1.82) is 0 Å². The van der Waals surface area contributed by atoms with Crippen molar-refractivity contribution in [2.75, 3.05) is 11.0 Å². The van der Waals surface area contributed by atoms with E-state index in [2.05, 4.69) is 6.58 Å². The normalized spacial score (nSPS) is 9.27. The number of ether oxygens (including phenoxy) is 1. The quantitative estimate of drug-likeness (QED) is 0.251. The molecule has 64 valence electrons. The van der Waals surface area contributed by atoms with Gasteiger partial charge in [0.25, 0.3) is 0 Å². The molecule has 0 radical (unpaired) electrons. The van der Waals surface area contributed by atoms with Crippen LogP contribution in [-0.2, 0) is 9.53 Å². The third kappa shape index (κ3) is 7.84. The number of carbonyl (C=O) groups is 1. The van der Waals surface area contributed by atoms with Gasteiger partial charge in [-0.3, -0.25) is 4.79 Å². The van der Waals surface area contributed by atoms with Crippen molar-refractivity contribution in [2.24, 2.45) is 0 Å². The van der Waals surface area contributed by atoms with E-state index in [4.69, 9.17) is 4.74 Å². The van der Waals surface area contributed by atoms with E-state index >= 15 is 0 Å². The SMILES string of the molecule is C=C(C)CCCOC(=O)CI. The highest BCUT2D eigenvalue weighted by molar-refractivity contribution is 14.1. The van der Waals surface area contributed by atoms with Crippen molar-refractivity contribution in [3.63, 3.8) is 0 Å². The molecular formula is C8H13IO2. The van der Waals surface area contributed by atoms with Crippen molar-refractivity contribution >= 4 is 28.6 Å². The van der Waals surface area contributed by atoms with Gasteiger partial charge in [-0.2, -0.15) is 0 Å². The largest absolute Gasteiger partial charge is 0.465 e. The number of carbonyl (C=O) groups excluding carboxylic acids is 1. The highest BCUT2D eigenvalue weighted by Crippen LogP contribution is 2.00. The molecule has 3 heteroatoms. The topological polar surface area (TPSA) is 26.3 Å². The Bertz CT molecular complexity index is 143. The van der Waals surface area contributed by atoms with Crippen LogP contribution in [0.2, 0.25) is 0 Å². The molecule has 0 saturated carbocycles. The van der Waals surface area contributed by atoms with Gasteiger partial charge in [0.05, 0.1) is 11.0 Å². The molecule has 0 saturated heterocycles. The molecule has 0 amide bonds. The number of rotatable bonds is 5. The Morgan fingerprint density at radius 1 is 1.64 bits per heavy atom. The van der Waals surface area contributed by atoms with Gasteiger partial charge in [-0.05, 0) is 19.8 Å². The van der Waals surface area contributed by atoms with E-state index in [-0.39, 0.29) is 5.97 Å². The van der Waals surface area contributed by atoms with Gasteiger partial charge < -0.3 is 4.74 Å². The molecule has 0 spiro atoms. The number of esters is 1. The molecule has 0 unspecified atom stereocenters. The number of alkyl halides is 1. The minimum Gasteiger partial charge on any atom is -0.465 e. The first-order valence-electron chi connectivity index (χ1n) is 3.52. The maximum Gasteiger partial charge on any atom is 0.315 e. The molecule has 0 aromatic carbocycles. The first kappa shape index (κ1) is 10.9. The first-order valence-corrected chi connectivity index (χ1v) is 5.05. The van der Waals surface area contributed by atoms with Crippen LogP contribution < -0.4 is 0 Å². The highest BCUT2D eigenvalue weighted by atomic mass is 127. The Morgan fingerprint density at radius 3 is 2.73 bits per heavy atom. The van der Waals surface area contributed by atoms with E-state index in [1.165, 1.54) is 0 Å². The summed E-state index contributed by atoms with van der Waals surface area (Å²) in [6, 6.07) is 0. The van der Waals surface area contributed by atoms with E-state index in [1.807, 2.05) is 29.5 Å². The first-order chi connectivity index (χ1) is 5.16. The molecule has 0 rings (SSSR count).